The summed E-state index contributed by atoms with van der Waals surface area (Å²) in [4.78, 5) is 11.8. The third-order valence-electron chi connectivity index (χ3n) is 2.65. The third-order valence-corrected chi connectivity index (χ3v) is 3.67. The molecule has 0 aromatic heterocycles. The largest absolute Gasteiger partial charge is 0.507 e. The predicted molar refractivity (Wildman–Crippen MR) is 88.0 cm³/mol. The number of esters is 1. The van der Waals surface area contributed by atoms with E-state index in [9.17, 15) is 9.90 Å². The molecule has 0 aliphatic heterocycles. The van der Waals surface area contributed by atoms with Crippen molar-refractivity contribution in [3.8, 4) is 11.5 Å². The summed E-state index contributed by atoms with van der Waals surface area (Å²) in [6.07, 6.45) is 0. The van der Waals surface area contributed by atoms with Crippen LogP contribution in [0, 0.1) is 0 Å². The highest BCUT2D eigenvalue weighted by Gasteiger charge is 2.13. The lowest BCUT2D eigenvalue weighted by Crippen LogP contribution is -2.12. The van der Waals surface area contributed by atoms with Crippen LogP contribution in [0.3, 0.4) is 0 Å². The molecule has 2 aromatic rings. The third kappa shape index (κ3) is 4.53. The highest BCUT2D eigenvalue weighted by atomic mass is 79.9. The van der Waals surface area contributed by atoms with Crippen LogP contribution in [0.25, 0.3) is 0 Å². The van der Waals surface area contributed by atoms with Gasteiger partial charge in [0.2, 0.25) is 0 Å². The standard InChI is InChI=1S/C15H11BrCl2O4/c16-9-1-3-13(19)11(7-9)15(20)22-6-5-21-14-4-2-10(17)8-12(14)18/h1-4,7-8,19H,5-6H2. The van der Waals surface area contributed by atoms with E-state index in [2.05, 4.69) is 15.9 Å². The molecule has 7 heteroatoms. The molecule has 116 valence electrons. The van der Waals surface area contributed by atoms with E-state index in [-0.39, 0.29) is 24.5 Å². The zero-order valence-electron chi connectivity index (χ0n) is 11.2. The highest BCUT2D eigenvalue weighted by Crippen LogP contribution is 2.27. The predicted octanol–water partition coefficient (Wildman–Crippen LogP) is 4.70. The molecule has 0 radical (unpaired) electrons. The molecule has 1 N–H and O–H groups in total. The monoisotopic (exact) mass is 404 g/mol. The van der Waals surface area contributed by atoms with Crippen molar-refractivity contribution in [2.75, 3.05) is 13.2 Å². The van der Waals surface area contributed by atoms with E-state index in [0.717, 1.165) is 0 Å². The van der Waals surface area contributed by atoms with Gasteiger partial charge < -0.3 is 14.6 Å². The summed E-state index contributed by atoms with van der Waals surface area (Å²) in [5.74, 6) is -0.327. The number of hydrogen-bond donors (Lipinski definition) is 1. The summed E-state index contributed by atoms with van der Waals surface area (Å²) in [5.41, 5.74) is 0.0823. The van der Waals surface area contributed by atoms with Gasteiger partial charge in [0.25, 0.3) is 0 Å². The van der Waals surface area contributed by atoms with Gasteiger partial charge in [0.1, 0.15) is 30.3 Å². The fourth-order valence-corrected chi connectivity index (χ4v) is 2.45. The van der Waals surface area contributed by atoms with E-state index in [0.29, 0.717) is 20.3 Å². The van der Waals surface area contributed by atoms with Crippen molar-refractivity contribution in [3.05, 3.63) is 56.5 Å². The van der Waals surface area contributed by atoms with E-state index in [1.54, 1.807) is 24.3 Å². The molecule has 0 bridgehead atoms. The minimum absolute atomic E-state index is 0.0176. The highest BCUT2D eigenvalue weighted by molar-refractivity contribution is 9.10. The van der Waals surface area contributed by atoms with Crippen molar-refractivity contribution in [2.45, 2.75) is 0 Å². The Morgan fingerprint density at radius 3 is 2.64 bits per heavy atom. The SMILES string of the molecule is O=C(OCCOc1ccc(Cl)cc1Cl)c1cc(Br)ccc1O. The quantitative estimate of drug-likeness (QED) is 0.578. The lowest BCUT2D eigenvalue weighted by Gasteiger charge is -2.09. The number of hydrogen-bond acceptors (Lipinski definition) is 4. The van der Waals surface area contributed by atoms with E-state index in [4.69, 9.17) is 32.7 Å². The summed E-state index contributed by atoms with van der Waals surface area (Å²) in [7, 11) is 0. The molecule has 4 nitrogen and oxygen atoms in total. The lowest BCUT2D eigenvalue weighted by atomic mass is 10.2. The summed E-state index contributed by atoms with van der Waals surface area (Å²) in [6.45, 7) is 0.144. The Balaban J connectivity index is 1.86. The molecule has 0 aliphatic rings. The van der Waals surface area contributed by atoms with Crippen LogP contribution >= 0.6 is 39.1 Å². The second-order valence-electron chi connectivity index (χ2n) is 4.22. The summed E-state index contributed by atoms with van der Waals surface area (Å²) < 4.78 is 11.1. The molecule has 0 saturated carbocycles. The van der Waals surface area contributed by atoms with Gasteiger partial charge in [0, 0.05) is 9.50 Å². The van der Waals surface area contributed by atoms with E-state index in [1.165, 1.54) is 12.1 Å². The molecular weight excluding hydrogens is 395 g/mol. The molecule has 0 atom stereocenters. The molecule has 0 heterocycles. The second-order valence-corrected chi connectivity index (χ2v) is 5.98. The number of ether oxygens (including phenoxy) is 2. The number of halogens is 3. The lowest BCUT2D eigenvalue weighted by molar-refractivity contribution is 0.0447. The molecule has 0 saturated heterocycles. The molecule has 0 amide bonds. The van der Waals surface area contributed by atoms with Crippen molar-refractivity contribution >= 4 is 45.1 Å². The fraction of sp³-hybridized carbons (Fsp3) is 0.133. The Hall–Kier alpha value is -1.43. The average Bonchev–Trinajstić information content (AvgIpc) is 2.47. The van der Waals surface area contributed by atoms with E-state index < -0.39 is 5.97 Å². The van der Waals surface area contributed by atoms with Crippen LogP contribution in [-0.2, 0) is 4.74 Å². The van der Waals surface area contributed by atoms with Crippen LogP contribution in [0.4, 0.5) is 0 Å². The number of carbonyl (C=O) groups is 1. The number of rotatable bonds is 5. The Morgan fingerprint density at radius 1 is 1.14 bits per heavy atom. The number of aromatic hydroxyl groups is 1. The summed E-state index contributed by atoms with van der Waals surface area (Å²) in [5, 5.41) is 10.5. The van der Waals surface area contributed by atoms with Crippen LogP contribution in [0.15, 0.2) is 40.9 Å². The number of phenols is 1. The average molecular weight is 406 g/mol. The van der Waals surface area contributed by atoms with Gasteiger partial charge >= 0.3 is 5.97 Å². The Labute approximate surface area is 145 Å². The van der Waals surface area contributed by atoms with Gasteiger partial charge in [-0.1, -0.05) is 39.1 Å². The van der Waals surface area contributed by atoms with Crippen molar-refractivity contribution in [1.29, 1.82) is 0 Å². The molecule has 0 aliphatic carbocycles. The number of benzene rings is 2. The van der Waals surface area contributed by atoms with Gasteiger partial charge in [-0.05, 0) is 36.4 Å². The van der Waals surface area contributed by atoms with Gasteiger partial charge in [-0.15, -0.1) is 0 Å². The first kappa shape index (κ1) is 16.9. The molecular formula is C15H11BrCl2O4. The first-order valence-electron chi connectivity index (χ1n) is 6.21. The maximum Gasteiger partial charge on any atom is 0.342 e. The Morgan fingerprint density at radius 2 is 1.91 bits per heavy atom. The molecule has 0 fully saturated rings. The van der Waals surface area contributed by atoms with Crippen LogP contribution in [0.2, 0.25) is 10.0 Å². The van der Waals surface area contributed by atoms with Crippen molar-refractivity contribution < 1.29 is 19.4 Å². The second kappa shape index (κ2) is 7.72. The van der Waals surface area contributed by atoms with Crippen molar-refractivity contribution in [1.82, 2.24) is 0 Å². The molecule has 0 unspecified atom stereocenters. The van der Waals surface area contributed by atoms with Crippen LogP contribution in [0.5, 0.6) is 11.5 Å². The normalized spacial score (nSPS) is 10.3. The first-order chi connectivity index (χ1) is 10.5. The Kier molecular flexibility index (Phi) is 5.94. The zero-order chi connectivity index (χ0) is 16.1. The molecule has 2 rings (SSSR count). The topological polar surface area (TPSA) is 55.8 Å². The van der Waals surface area contributed by atoms with Gasteiger partial charge in [-0.25, -0.2) is 4.79 Å². The van der Waals surface area contributed by atoms with E-state index in [1.807, 2.05) is 0 Å². The van der Waals surface area contributed by atoms with Gasteiger partial charge in [0.05, 0.1) is 5.02 Å². The van der Waals surface area contributed by atoms with Crippen LogP contribution in [-0.4, -0.2) is 24.3 Å². The van der Waals surface area contributed by atoms with Crippen LogP contribution in [0.1, 0.15) is 10.4 Å². The minimum Gasteiger partial charge on any atom is -0.507 e. The maximum absolute atomic E-state index is 11.8. The van der Waals surface area contributed by atoms with Gasteiger partial charge in [-0.2, -0.15) is 0 Å². The smallest absolute Gasteiger partial charge is 0.342 e. The van der Waals surface area contributed by atoms with Gasteiger partial charge in [0.15, 0.2) is 0 Å². The zero-order valence-corrected chi connectivity index (χ0v) is 14.3. The van der Waals surface area contributed by atoms with Gasteiger partial charge in [-0.3, -0.25) is 0 Å². The summed E-state index contributed by atoms with van der Waals surface area (Å²) in [6, 6.07) is 9.35. The Bertz CT molecular complexity index is 691. The first-order valence-corrected chi connectivity index (χ1v) is 7.76. The summed E-state index contributed by atoms with van der Waals surface area (Å²) >= 11 is 14.9. The molecule has 2 aromatic carbocycles. The molecule has 22 heavy (non-hydrogen) atoms. The molecule has 0 spiro atoms. The van der Waals surface area contributed by atoms with E-state index >= 15 is 0 Å². The maximum atomic E-state index is 11.8. The van der Waals surface area contributed by atoms with Crippen LogP contribution < -0.4 is 4.74 Å². The minimum atomic E-state index is -0.635. The fourth-order valence-electron chi connectivity index (χ4n) is 1.63. The van der Waals surface area contributed by atoms with Crippen molar-refractivity contribution in [2.24, 2.45) is 0 Å². The number of phenolic OH excluding ortho intramolecular Hbond substituents is 1. The van der Waals surface area contributed by atoms with Crippen molar-refractivity contribution in [3.63, 3.8) is 0 Å². The number of carbonyl (C=O) groups excluding carboxylic acids is 1.